The summed E-state index contributed by atoms with van der Waals surface area (Å²) in [5, 5.41) is -0.736. The van der Waals surface area contributed by atoms with Gasteiger partial charge < -0.3 is 4.55 Å². The minimum atomic E-state index is -2.50. The van der Waals surface area contributed by atoms with Crippen molar-refractivity contribution in [1.82, 2.24) is 0 Å². The van der Waals surface area contributed by atoms with Crippen LogP contribution in [0.15, 0.2) is 0 Å². The van der Waals surface area contributed by atoms with Crippen molar-refractivity contribution in [1.29, 1.82) is 0 Å². The molecule has 0 aromatic carbocycles. The molecule has 0 saturated carbocycles. The zero-order chi connectivity index (χ0) is 5.86. The van der Waals surface area contributed by atoms with Gasteiger partial charge in [0.2, 0.25) is 5.12 Å². The summed E-state index contributed by atoms with van der Waals surface area (Å²) in [6.07, 6.45) is 0.0656. The molecule has 8 heavy (non-hydrogen) atoms. The monoisotopic (exact) mass is 144 g/mol. The number of hydrogen-bond donors (Lipinski definition) is 0. The molecular formula is C3H5NaO3S. The van der Waals surface area contributed by atoms with E-state index in [4.69, 9.17) is 0 Å². The van der Waals surface area contributed by atoms with Crippen LogP contribution >= 0.6 is 0 Å². The molecule has 1 unspecified atom stereocenters. The van der Waals surface area contributed by atoms with E-state index in [-0.39, 0.29) is 36.0 Å². The third kappa shape index (κ3) is 4.93. The van der Waals surface area contributed by atoms with Gasteiger partial charge >= 0.3 is 29.6 Å². The summed E-state index contributed by atoms with van der Waals surface area (Å²) in [5.41, 5.74) is 0. The van der Waals surface area contributed by atoms with E-state index in [0.717, 1.165) is 0 Å². The van der Waals surface area contributed by atoms with E-state index in [1.807, 2.05) is 0 Å². The molecule has 5 heteroatoms. The molecule has 0 radical (unpaired) electrons. The van der Waals surface area contributed by atoms with Gasteiger partial charge in [0, 0.05) is 17.5 Å². The third-order valence-corrected chi connectivity index (χ3v) is 1.14. The Morgan fingerprint density at radius 2 is 2.12 bits per heavy atom. The van der Waals surface area contributed by atoms with E-state index < -0.39 is 16.2 Å². The molecule has 0 N–H and O–H groups in total. The van der Waals surface area contributed by atoms with Crippen LogP contribution in [0.3, 0.4) is 0 Å². The smallest absolute Gasteiger partial charge is 0.766 e. The van der Waals surface area contributed by atoms with Gasteiger partial charge in [-0.2, -0.15) is 0 Å². The van der Waals surface area contributed by atoms with Crippen LogP contribution in [0, 0.1) is 0 Å². The molecule has 0 aromatic rings. The van der Waals surface area contributed by atoms with Gasteiger partial charge in [-0.3, -0.25) is 9.00 Å². The van der Waals surface area contributed by atoms with Gasteiger partial charge in [0.25, 0.3) is 0 Å². The van der Waals surface area contributed by atoms with Crippen LogP contribution in [0.25, 0.3) is 0 Å². The number of carbonyl (C=O) groups excluding carboxylic acids is 1. The Morgan fingerprint density at radius 1 is 1.75 bits per heavy atom. The van der Waals surface area contributed by atoms with Gasteiger partial charge in [0.1, 0.15) is 0 Å². The molecule has 1 atom stereocenters. The van der Waals surface area contributed by atoms with E-state index in [2.05, 4.69) is 0 Å². The van der Waals surface area contributed by atoms with Crippen LogP contribution in [0.2, 0.25) is 0 Å². The first-order chi connectivity index (χ1) is 3.18. The van der Waals surface area contributed by atoms with Gasteiger partial charge in [0.05, 0.1) is 0 Å². The summed E-state index contributed by atoms with van der Waals surface area (Å²) >= 11 is -2.50. The van der Waals surface area contributed by atoms with Crippen molar-refractivity contribution < 1.29 is 43.1 Å². The molecule has 0 aromatic heterocycles. The van der Waals surface area contributed by atoms with Crippen molar-refractivity contribution >= 4 is 16.2 Å². The predicted octanol–water partition coefficient (Wildman–Crippen LogP) is -3.19. The molecule has 0 bridgehead atoms. The zero-order valence-corrected chi connectivity index (χ0v) is 7.66. The number of carbonyl (C=O) groups is 1. The van der Waals surface area contributed by atoms with Gasteiger partial charge in [-0.1, -0.05) is 6.92 Å². The van der Waals surface area contributed by atoms with Crippen molar-refractivity contribution in [3.63, 3.8) is 0 Å². The van der Waals surface area contributed by atoms with Gasteiger partial charge in [-0.05, 0) is 0 Å². The van der Waals surface area contributed by atoms with Crippen LogP contribution in [0.1, 0.15) is 13.3 Å². The Labute approximate surface area is 72.4 Å². The maximum absolute atomic E-state index is 9.90. The maximum atomic E-state index is 9.90. The van der Waals surface area contributed by atoms with E-state index in [0.29, 0.717) is 0 Å². The molecule has 0 aliphatic carbocycles. The Kier molecular flexibility index (Phi) is 8.54. The largest absolute Gasteiger partial charge is 1.00 e. The summed E-state index contributed by atoms with van der Waals surface area (Å²) in [6, 6.07) is 0. The topological polar surface area (TPSA) is 57.2 Å². The van der Waals surface area contributed by atoms with Crippen molar-refractivity contribution in [2.45, 2.75) is 13.3 Å². The zero-order valence-electron chi connectivity index (χ0n) is 4.84. The molecule has 0 rings (SSSR count). The van der Waals surface area contributed by atoms with Crippen LogP contribution in [-0.2, 0) is 15.9 Å². The Hall–Kier alpha value is 0.780. The molecule has 0 fully saturated rings. The second-order valence-corrected chi connectivity index (χ2v) is 1.89. The maximum Gasteiger partial charge on any atom is 1.00 e. The molecule has 3 nitrogen and oxygen atoms in total. The van der Waals surface area contributed by atoms with Gasteiger partial charge in [-0.15, -0.1) is 0 Å². The first kappa shape index (κ1) is 11.6. The summed E-state index contributed by atoms with van der Waals surface area (Å²) in [4.78, 5) is 9.90. The normalized spacial score (nSPS) is 11.8. The molecule has 0 heterocycles. The van der Waals surface area contributed by atoms with E-state index in [1.54, 1.807) is 0 Å². The van der Waals surface area contributed by atoms with Crippen molar-refractivity contribution in [2.75, 3.05) is 0 Å². The van der Waals surface area contributed by atoms with E-state index in [1.165, 1.54) is 6.92 Å². The van der Waals surface area contributed by atoms with Crippen LogP contribution in [0.5, 0.6) is 0 Å². The first-order valence-electron chi connectivity index (χ1n) is 1.80. The van der Waals surface area contributed by atoms with Crippen molar-refractivity contribution in [3.05, 3.63) is 0 Å². The Morgan fingerprint density at radius 3 is 2.12 bits per heavy atom. The summed E-state index contributed by atoms with van der Waals surface area (Å²) < 4.78 is 19.2. The summed E-state index contributed by atoms with van der Waals surface area (Å²) in [7, 11) is 0. The predicted molar refractivity (Wildman–Crippen MR) is 24.2 cm³/mol. The molecule has 0 aliphatic rings. The second-order valence-electron chi connectivity index (χ2n) is 0.960. The van der Waals surface area contributed by atoms with Gasteiger partial charge in [0.15, 0.2) is 0 Å². The summed E-state index contributed by atoms with van der Waals surface area (Å²) in [6.45, 7) is 1.50. The van der Waals surface area contributed by atoms with Crippen LogP contribution < -0.4 is 29.6 Å². The SMILES string of the molecule is CCC(=O)S(=O)[O-].[Na+]. The van der Waals surface area contributed by atoms with E-state index >= 15 is 0 Å². The third-order valence-electron chi connectivity index (χ3n) is 0.475. The molecular weight excluding hydrogens is 139 g/mol. The van der Waals surface area contributed by atoms with Gasteiger partial charge in [-0.25, -0.2) is 0 Å². The standard InChI is InChI=1S/C3H6O3S.Na/c1-2-3(4)7(5)6;/h2H2,1H3,(H,5,6);/q;+1/p-1. The Balaban J connectivity index is 0. The molecule has 0 saturated heterocycles. The minimum absolute atomic E-state index is 0. The Bertz CT molecular complexity index is 103. The number of rotatable bonds is 1. The van der Waals surface area contributed by atoms with E-state index in [9.17, 15) is 13.6 Å². The molecule has 0 aliphatic heterocycles. The fourth-order valence-corrected chi connectivity index (χ4v) is 0.354. The van der Waals surface area contributed by atoms with Crippen molar-refractivity contribution in [3.8, 4) is 0 Å². The number of hydrogen-bond acceptors (Lipinski definition) is 3. The average molecular weight is 144 g/mol. The quantitative estimate of drug-likeness (QED) is 0.288. The molecule has 0 spiro atoms. The molecule has 0 amide bonds. The fourth-order valence-electron chi connectivity index (χ4n) is 0.118. The first-order valence-corrected chi connectivity index (χ1v) is 2.88. The second kappa shape index (κ2) is 5.91. The molecule has 42 valence electrons. The summed E-state index contributed by atoms with van der Waals surface area (Å²) in [5.74, 6) is 0. The van der Waals surface area contributed by atoms with Crippen LogP contribution in [-0.4, -0.2) is 13.9 Å². The average Bonchev–Trinajstić information content (AvgIpc) is 1.65. The van der Waals surface area contributed by atoms with Crippen LogP contribution in [0.4, 0.5) is 0 Å². The minimum Gasteiger partial charge on any atom is -0.766 e. The van der Waals surface area contributed by atoms with Crippen molar-refractivity contribution in [2.24, 2.45) is 0 Å². The fraction of sp³-hybridized carbons (Fsp3) is 0.667.